The van der Waals surface area contributed by atoms with Gasteiger partial charge in [-0.15, -0.1) is 11.3 Å². The number of hydrogen-bond donors (Lipinski definition) is 20. The lowest BCUT2D eigenvalue weighted by Gasteiger charge is -2.37. The van der Waals surface area contributed by atoms with E-state index in [1.165, 1.54) is 85.3 Å². The van der Waals surface area contributed by atoms with Gasteiger partial charge >= 0.3 is 30.0 Å². The van der Waals surface area contributed by atoms with Crippen molar-refractivity contribution in [3.8, 4) is 0 Å². The van der Waals surface area contributed by atoms with E-state index in [1.807, 2.05) is 53.3 Å². The molecule has 6 heterocycles. The predicted octanol–water partition coefficient (Wildman–Crippen LogP) is 3.45. The Morgan fingerprint density at radius 2 is 1.18 bits per heavy atom. The second-order valence-corrected chi connectivity index (χ2v) is 40.3. The highest BCUT2D eigenvalue weighted by Gasteiger charge is 2.50. The maximum atomic E-state index is 15.6. The average Bonchev–Trinajstić information content (AvgIpc) is 1.61. The molecule has 17 amide bonds. The number of aliphatic hydroxyl groups excluding tert-OH is 1. The molecule has 1 spiro atoms. The molecule has 9 rings (SSSR count). The molecule has 4 aliphatic rings. The van der Waals surface area contributed by atoms with Crippen LogP contribution in [0, 0.1) is 5.41 Å². The lowest BCUT2D eigenvalue weighted by atomic mass is 9.87. The fourth-order valence-electron chi connectivity index (χ4n) is 17.4. The number of thiophene rings is 2. The highest BCUT2D eigenvalue weighted by atomic mass is 32.1. The largest absolute Gasteiger partial charge is 0.481 e. The van der Waals surface area contributed by atoms with Gasteiger partial charge < -0.3 is 115 Å². The Balaban J connectivity index is 1.04. The normalized spacial score (nSPS) is 26.1. The number of amides is 17. The summed E-state index contributed by atoms with van der Waals surface area (Å²) in [6.07, 6.45) is 6.85. The number of benzene rings is 3. The Morgan fingerprint density at radius 3 is 1.85 bits per heavy atom. The fourth-order valence-corrected chi connectivity index (χ4v) is 19.1. The third kappa shape index (κ3) is 35.4. The first kappa shape index (κ1) is 114. The number of ether oxygens (including phenoxy) is 1. The number of allylic oxidation sites excluding steroid dienone is 3. The van der Waals surface area contributed by atoms with Gasteiger partial charge in [-0.2, -0.15) is 11.3 Å². The molecule has 0 aliphatic carbocycles. The van der Waals surface area contributed by atoms with Crippen LogP contribution in [0.15, 0.2) is 125 Å². The van der Waals surface area contributed by atoms with Gasteiger partial charge in [-0.1, -0.05) is 119 Å². The average molecular weight is 2040 g/mol. The first-order valence-electron chi connectivity index (χ1n) is 48.6. The number of likely N-dealkylation sites (tertiary alicyclic amines) is 1. The maximum absolute atomic E-state index is 15.6. The number of carbonyl (C=O) groups excluding carboxylic acids is 16. The molecule has 144 heavy (non-hydrogen) atoms. The molecule has 3 aromatic carbocycles. The van der Waals surface area contributed by atoms with Gasteiger partial charge in [0.2, 0.25) is 82.7 Å². The van der Waals surface area contributed by atoms with E-state index in [1.54, 1.807) is 68.6 Å². The van der Waals surface area contributed by atoms with Gasteiger partial charge in [-0.25, -0.2) is 14.4 Å². The zero-order valence-electron chi connectivity index (χ0n) is 82.2. The van der Waals surface area contributed by atoms with E-state index >= 15 is 19.2 Å². The number of aromatic carboxylic acids is 1. The Labute approximate surface area is 842 Å². The van der Waals surface area contributed by atoms with Crippen molar-refractivity contribution in [2.45, 2.75) is 299 Å². The van der Waals surface area contributed by atoms with Crippen LogP contribution in [0.2, 0.25) is 0 Å². The molecule has 2 aromatic heterocycles. The lowest BCUT2D eigenvalue weighted by Crippen LogP contribution is -2.64. The van der Waals surface area contributed by atoms with Crippen molar-refractivity contribution in [3.63, 3.8) is 0 Å². The Kier molecular flexibility index (Phi) is 43.2. The monoisotopic (exact) mass is 2040 g/mol. The van der Waals surface area contributed by atoms with Crippen molar-refractivity contribution in [1.82, 2.24) is 89.6 Å². The predicted molar refractivity (Wildman–Crippen MR) is 532 cm³/mol. The smallest absolute Gasteiger partial charge is 0.409 e. The summed E-state index contributed by atoms with van der Waals surface area (Å²) in [5, 5.41) is 88.4. The second kappa shape index (κ2) is 54.6. The third-order valence-electron chi connectivity index (χ3n) is 25.3. The van der Waals surface area contributed by atoms with Crippen molar-refractivity contribution in [3.05, 3.63) is 153 Å². The zero-order valence-corrected chi connectivity index (χ0v) is 83.9. The first-order valence-corrected chi connectivity index (χ1v) is 50.4. The molecule has 42 nitrogen and oxygen atoms in total. The number of cyclic esters (lactones) is 1. The molecule has 4 aliphatic heterocycles. The van der Waals surface area contributed by atoms with E-state index < -0.39 is 233 Å². The van der Waals surface area contributed by atoms with Crippen LogP contribution in [0.3, 0.4) is 0 Å². The number of aliphatic carboxylic acids is 2. The van der Waals surface area contributed by atoms with Crippen LogP contribution in [0.4, 0.5) is 9.59 Å². The summed E-state index contributed by atoms with van der Waals surface area (Å²) in [6, 6.07) is 1.75. The highest BCUT2D eigenvalue weighted by Crippen LogP contribution is 2.35. The molecule has 3 saturated heterocycles. The van der Waals surface area contributed by atoms with Crippen LogP contribution < -0.4 is 85.5 Å². The molecular weight excluding hydrogens is 1900 g/mol. The number of rotatable bonds is 17. The number of primary amides is 1. The fraction of sp³-hybridized carbons (Fsp3) is 0.530. The minimum atomic E-state index is -2.13. The number of carboxylic acid groups (broad SMARTS) is 3. The number of hydrogen-bond acceptors (Lipinski definition) is 24. The number of urea groups is 1. The van der Waals surface area contributed by atoms with Crippen LogP contribution in [-0.4, -0.2) is 272 Å². The summed E-state index contributed by atoms with van der Waals surface area (Å²) >= 11 is 2.74. The van der Waals surface area contributed by atoms with E-state index in [9.17, 15) is 92.3 Å². The SMILES string of the molecule is CC(=O)N1CCC[C@]12C/C=C/CCCCCC/C=C\CCCOC(=O)N1CC3N[C@@H](Cc4ccsc4)C(=O)N[C@@H](Cc4csc5ccccc45)C(=O)N[C@H](C(=O)N[C@@H](C)C(N)=O)CCC(=O)NCCCC[C@H](NC(=O)[C@H](Cc4ccccc4)NC(=O)[C@H](C)NC(=O)C(C)(C)NC(=O)[C@H](Cc4cccc(C(=O)O)c4)NC(=O)[C@H](CC(=O)O)NC(=O)NC(O)[C@H](CC(C)(C)C)NC(=O)[C@H](CC(=O)O)NC2=O)C(=O)N[C@@H]3C1. The van der Waals surface area contributed by atoms with E-state index in [0.717, 1.165) is 48.3 Å². The number of nitrogens with zero attached hydrogens (tertiary/aromatic N) is 2. The summed E-state index contributed by atoms with van der Waals surface area (Å²) in [5.41, 5.74) is 2.76. The van der Waals surface area contributed by atoms with Crippen LogP contribution in [0.25, 0.3) is 10.1 Å². The van der Waals surface area contributed by atoms with Gasteiger partial charge in [0, 0.05) is 69.5 Å². The molecule has 3 fully saturated rings. The molecule has 2 unspecified atom stereocenters. The summed E-state index contributed by atoms with van der Waals surface area (Å²) in [6.45, 7) is 11.0. The van der Waals surface area contributed by atoms with Crippen molar-refractivity contribution in [2.75, 3.05) is 32.8 Å². The molecule has 15 atom stereocenters. The number of aliphatic hydroxyl groups is 1. The molecular formula is C100H136N18O24S2. The van der Waals surface area contributed by atoms with Crippen molar-refractivity contribution < 1.29 is 116 Å². The Hall–Kier alpha value is -13.7. The van der Waals surface area contributed by atoms with E-state index in [-0.39, 0.29) is 115 Å². The summed E-state index contributed by atoms with van der Waals surface area (Å²) in [4.78, 5) is 272. The van der Waals surface area contributed by atoms with E-state index in [2.05, 4.69) is 79.8 Å². The van der Waals surface area contributed by atoms with Crippen molar-refractivity contribution >= 4 is 145 Å². The molecule has 782 valence electrons. The van der Waals surface area contributed by atoms with Gasteiger partial charge in [0.15, 0.2) is 0 Å². The van der Waals surface area contributed by atoms with Gasteiger partial charge in [-0.05, 0) is 197 Å². The van der Waals surface area contributed by atoms with Gasteiger partial charge in [0.25, 0.3) is 0 Å². The molecule has 5 aromatic rings. The van der Waals surface area contributed by atoms with Crippen molar-refractivity contribution in [1.29, 1.82) is 0 Å². The molecule has 21 N–H and O–H groups in total. The van der Waals surface area contributed by atoms with Gasteiger partial charge in [0.05, 0.1) is 43.1 Å². The lowest BCUT2D eigenvalue weighted by molar-refractivity contribution is -0.146. The minimum absolute atomic E-state index is 0.0131. The van der Waals surface area contributed by atoms with Crippen LogP contribution in [-0.2, 0) is 107 Å². The standard InChI is InChI=1S/C100H136N18O24S2/c1-58(82(101)125)103-84(127)68-37-38-79(120)102-42-26-24-35-67-85(128)112-77-55-117(54-76(77)105-69(49-63-39-45-143-56-63)86(129)110-72(88(131)107-68)50-65-57-144-78-36-23-22-34-66(65)78)97(141)142-44-27-18-16-14-12-10-9-11-13-15-17-25-40-100(41-29-43-118(100)60(3)119)95(139)113-73(51-80(121)122)89(132)111-75(53-98(4,5)6)91(134)115-96(140)114-74(52-81(123)124)90(133)109-71(48-62-32-28-33-64(46-62)93(136)137)92(135)116-99(7,8)94(138)104-59(2)83(126)108-70(87(130)106-67)47-61-30-20-19-21-31-61/h14,16-17,19-23,25,28,30-34,36,39,45-46,56-59,67-77,91,105,134H,9-13,15,18,24,26-27,29,35,37-38,40-44,47-55H2,1-8H3,(H2,101,125)(H,102,120)(H,103,127)(H,104,138)(H,106,130)(H,107,131)(H,108,126)(H,109,133)(H,110,129)(H,111,132)(H,112,128)(H,113,139)(H,116,135)(H,121,122)(H,123,124)(H,136,137)(H2,114,115,140)/b16-14-,25-17+/t58-,59-,67-,68-,69-,70-,71-,72-,73-,74-,75-,76?,77+,91?,100-/m0/s1. The minimum Gasteiger partial charge on any atom is -0.481 e. The van der Waals surface area contributed by atoms with Gasteiger partial charge in [-0.3, -0.25) is 82.0 Å². The number of carboxylic acids is 3. The van der Waals surface area contributed by atoms with Crippen LogP contribution in [0.1, 0.15) is 210 Å². The van der Waals surface area contributed by atoms with Gasteiger partial charge in [0.1, 0.15) is 71.7 Å². The quantitative estimate of drug-likeness (QED) is 0.0593. The first-order chi connectivity index (χ1) is 68.3. The summed E-state index contributed by atoms with van der Waals surface area (Å²) in [5.74, 6) is -17.3. The Bertz CT molecular complexity index is 5440. The summed E-state index contributed by atoms with van der Waals surface area (Å²) in [7, 11) is 0. The number of nitrogens with two attached hydrogens (primary N) is 1. The summed E-state index contributed by atoms with van der Waals surface area (Å²) < 4.78 is 6.79. The van der Waals surface area contributed by atoms with Crippen LogP contribution >= 0.6 is 22.7 Å². The van der Waals surface area contributed by atoms with Crippen LogP contribution in [0.5, 0.6) is 0 Å². The number of carbonyl (C=O) groups is 19. The van der Waals surface area contributed by atoms with E-state index in [4.69, 9.17) is 10.5 Å². The zero-order chi connectivity index (χ0) is 105. The second-order valence-electron chi connectivity index (χ2n) is 38.6. The van der Waals surface area contributed by atoms with Crippen molar-refractivity contribution in [2.24, 2.45) is 11.1 Å². The third-order valence-corrected chi connectivity index (χ3v) is 27.0. The number of nitrogens with one attached hydrogen (secondary N) is 15. The highest BCUT2D eigenvalue weighted by molar-refractivity contribution is 7.17. The maximum Gasteiger partial charge on any atom is 0.409 e. The topological polar surface area (TPSA) is 627 Å². The van der Waals surface area contributed by atoms with E-state index in [0.29, 0.717) is 42.4 Å². The number of fused-ring (bicyclic) bond motifs is 4. The molecule has 44 heteroatoms. The Morgan fingerprint density at radius 1 is 0.576 bits per heavy atom. The molecule has 3 bridgehead atoms. The molecule has 0 radical (unpaired) electrons. The molecule has 0 saturated carbocycles.